The quantitative estimate of drug-likeness (QED) is 0.697. The molecule has 2 heterocycles. The van der Waals surface area contributed by atoms with Gasteiger partial charge in [-0.25, -0.2) is 0 Å². The molecule has 0 N–H and O–H groups in total. The largest absolute Gasteiger partial charge is 0.444 e. The minimum absolute atomic E-state index is 0.209. The average Bonchev–Trinajstić information content (AvgIpc) is 2.72. The van der Waals surface area contributed by atoms with Gasteiger partial charge >= 0.3 is 5.97 Å². The first-order valence-electron chi connectivity index (χ1n) is 5.43. The van der Waals surface area contributed by atoms with Crippen molar-refractivity contribution in [3.63, 3.8) is 0 Å². The van der Waals surface area contributed by atoms with E-state index in [0.29, 0.717) is 6.61 Å². The monoisotopic (exact) mass is 198 g/mol. The summed E-state index contributed by atoms with van der Waals surface area (Å²) >= 11 is 0. The fourth-order valence-electron chi connectivity index (χ4n) is 1.92. The molecule has 0 amide bonds. The van der Waals surface area contributed by atoms with Gasteiger partial charge in [-0.05, 0) is 6.42 Å². The van der Waals surface area contributed by atoms with E-state index in [9.17, 15) is 0 Å². The van der Waals surface area contributed by atoms with E-state index in [1.54, 1.807) is 0 Å². The van der Waals surface area contributed by atoms with Crippen LogP contribution in [0, 0.1) is 0 Å². The second-order valence-corrected chi connectivity index (χ2v) is 4.02. The van der Waals surface area contributed by atoms with E-state index in [4.69, 9.17) is 14.2 Å². The summed E-state index contributed by atoms with van der Waals surface area (Å²) in [5, 5.41) is 0. The van der Waals surface area contributed by atoms with Gasteiger partial charge < -0.3 is 14.2 Å². The molecule has 2 saturated heterocycles. The zero-order valence-corrected chi connectivity index (χ0v) is 8.75. The first kappa shape index (κ1) is 9.99. The second-order valence-electron chi connectivity index (χ2n) is 4.02. The molecule has 14 heavy (non-hydrogen) atoms. The van der Waals surface area contributed by atoms with Gasteiger partial charge in [0.1, 0.15) is 0 Å². The Bertz CT molecular complexity index is 227. The molecule has 0 aromatic heterocycles. The summed E-state index contributed by atoms with van der Waals surface area (Å²) < 4.78 is 16.8. The molecule has 0 aromatic rings. The number of allylic oxidation sites excluding steroid dienone is 1. The third kappa shape index (κ3) is 1.93. The van der Waals surface area contributed by atoms with Crippen LogP contribution >= 0.6 is 0 Å². The Morgan fingerprint density at radius 2 is 2.43 bits per heavy atom. The summed E-state index contributed by atoms with van der Waals surface area (Å²) in [6.07, 6.45) is 5.29. The van der Waals surface area contributed by atoms with E-state index in [-0.39, 0.29) is 6.10 Å². The first-order chi connectivity index (χ1) is 6.74. The summed E-state index contributed by atoms with van der Waals surface area (Å²) in [7, 11) is 0. The van der Waals surface area contributed by atoms with Gasteiger partial charge in [-0.1, -0.05) is 26.3 Å². The maximum absolute atomic E-state index is 5.78. The third-order valence-electron chi connectivity index (χ3n) is 2.72. The van der Waals surface area contributed by atoms with Gasteiger partial charge in [0.2, 0.25) is 0 Å². The van der Waals surface area contributed by atoms with Gasteiger partial charge in [-0.3, -0.25) is 0 Å². The Morgan fingerprint density at radius 3 is 3.07 bits per heavy atom. The van der Waals surface area contributed by atoms with Crippen LogP contribution in [-0.4, -0.2) is 18.7 Å². The van der Waals surface area contributed by atoms with Gasteiger partial charge in [0.05, 0.1) is 18.5 Å². The lowest BCUT2D eigenvalue weighted by atomic mass is 10.2. The zero-order valence-electron chi connectivity index (χ0n) is 8.75. The number of hydrogen-bond donors (Lipinski definition) is 0. The average molecular weight is 198 g/mol. The molecule has 0 aromatic carbocycles. The smallest absolute Gasteiger partial charge is 0.327 e. The molecule has 2 unspecified atom stereocenters. The molecule has 2 rings (SSSR count). The molecule has 2 aliphatic heterocycles. The molecule has 80 valence electrons. The van der Waals surface area contributed by atoms with E-state index in [0.717, 1.165) is 25.0 Å². The van der Waals surface area contributed by atoms with Crippen molar-refractivity contribution < 1.29 is 14.2 Å². The Kier molecular flexibility index (Phi) is 2.79. The van der Waals surface area contributed by atoms with Gasteiger partial charge in [-0.2, -0.15) is 0 Å². The highest BCUT2D eigenvalue weighted by Gasteiger charge is 2.47. The van der Waals surface area contributed by atoms with Crippen molar-refractivity contribution in [3.05, 3.63) is 12.3 Å². The van der Waals surface area contributed by atoms with Gasteiger partial charge in [-0.15, -0.1) is 0 Å². The van der Waals surface area contributed by atoms with Crippen LogP contribution in [-0.2, 0) is 14.2 Å². The van der Waals surface area contributed by atoms with Gasteiger partial charge in [0.15, 0.2) is 0 Å². The van der Waals surface area contributed by atoms with Gasteiger partial charge in [0, 0.05) is 12.8 Å². The van der Waals surface area contributed by atoms with Crippen molar-refractivity contribution in [2.24, 2.45) is 0 Å². The van der Waals surface area contributed by atoms with E-state index in [1.165, 1.54) is 12.8 Å². The molecule has 3 heteroatoms. The standard InChI is InChI=1S/C11H18O3/c1-3-4-5-10-8-12-11(14-10)7-6-9(2)13-11/h10H,2-8H2,1H3. The minimum Gasteiger partial charge on any atom is -0.444 e. The Hall–Kier alpha value is -0.540. The lowest BCUT2D eigenvalue weighted by Gasteiger charge is -2.21. The Morgan fingerprint density at radius 1 is 1.57 bits per heavy atom. The van der Waals surface area contributed by atoms with Crippen molar-refractivity contribution in [1.82, 2.24) is 0 Å². The fraction of sp³-hybridized carbons (Fsp3) is 0.818. The number of ether oxygens (including phenoxy) is 3. The van der Waals surface area contributed by atoms with Crippen LogP contribution in [0.3, 0.4) is 0 Å². The molecule has 0 saturated carbocycles. The van der Waals surface area contributed by atoms with Crippen LogP contribution in [0.5, 0.6) is 0 Å². The van der Waals surface area contributed by atoms with Crippen LogP contribution in [0.1, 0.15) is 39.0 Å². The highest BCUT2D eigenvalue weighted by molar-refractivity contribution is 4.93. The summed E-state index contributed by atoms with van der Waals surface area (Å²) in [6.45, 7) is 6.62. The molecule has 0 radical (unpaired) electrons. The predicted molar refractivity (Wildman–Crippen MR) is 52.5 cm³/mol. The summed E-state index contributed by atoms with van der Waals surface area (Å²) in [4.78, 5) is 0. The minimum atomic E-state index is -0.768. The Balaban J connectivity index is 1.84. The van der Waals surface area contributed by atoms with Crippen molar-refractivity contribution >= 4 is 0 Å². The van der Waals surface area contributed by atoms with Crippen molar-refractivity contribution in [2.45, 2.75) is 51.1 Å². The highest BCUT2D eigenvalue weighted by atomic mass is 16.9. The maximum atomic E-state index is 5.78. The van der Waals surface area contributed by atoms with Crippen molar-refractivity contribution in [2.75, 3.05) is 6.61 Å². The van der Waals surface area contributed by atoms with Gasteiger partial charge in [0.25, 0.3) is 0 Å². The summed E-state index contributed by atoms with van der Waals surface area (Å²) in [5.41, 5.74) is 0. The van der Waals surface area contributed by atoms with Crippen LogP contribution in [0.2, 0.25) is 0 Å². The molecule has 1 spiro atoms. The summed E-state index contributed by atoms with van der Waals surface area (Å²) in [6, 6.07) is 0. The van der Waals surface area contributed by atoms with Crippen LogP contribution in [0.15, 0.2) is 12.3 Å². The maximum Gasteiger partial charge on any atom is 0.327 e. The predicted octanol–water partition coefficient (Wildman–Crippen LogP) is 2.57. The molecule has 0 bridgehead atoms. The lowest BCUT2D eigenvalue weighted by Crippen LogP contribution is -2.29. The van der Waals surface area contributed by atoms with E-state index < -0.39 is 5.97 Å². The molecule has 3 nitrogen and oxygen atoms in total. The van der Waals surface area contributed by atoms with Crippen LogP contribution < -0.4 is 0 Å². The van der Waals surface area contributed by atoms with E-state index in [2.05, 4.69) is 13.5 Å². The van der Waals surface area contributed by atoms with Crippen molar-refractivity contribution in [1.29, 1.82) is 0 Å². The van der Waals surface area contributed by atoms with Crippen LogP contribution in [0.25, 0.3) is 0 Å². The van der Waals surface area contributed by atoms with Crippen LogP contribution in [0.4, 0.5) is 0 Å². The molecule has 2 aliphatic rings. The molecule has 0 aliphatic carbocycles. The fourth-order valence-corrected chi connectivity index (χ4v) is 1.92. The summed E-state index contributed by atoms with van der Waals surface area (Å²) in [5.74, 6) is 0.0105. The topological polar surface area (TPSA) is 27.7 Å². The van der Waals surface area contributed by atoms with E-state index in [1.807, 2.05) is 0 Å². The molecular weight excluding hydrogens is 180 g/mol. The number of hydrogen-bond acceptors (Lipinski definition) is 3. The normalized spacial score (nSPS) is 36.6. The number of rotatable bonds is 3. The third-order valence-corrected chi connectivity index (χ3v) is 2.72. The SMILES string of the molecule is C=C1CCC2(OCC(CCCC)O2)O1. The van der Waals surface area contributed by atoms with E-state index >= 15 is 0 Å². The number of unbranched alkanes of at least 4 members (excludes halogenated alkanes) is 1. The Labute approximate surface area is 85.0 Å². The molecule has 2 fully saturated rings. The lowest BCUT2D eigenvalue weighted by molar-refractivity contribution is -0.302. The van der Waals surface area contributed by atoms with Crippen molar-refractivity contribution in [3.8, 4) is 0 Å². The highest BCUT2D eigenvalue weighted by Crippen LogP contribution is 2.39. The molecular formula is C11H18O3. The second kappa shape index (κ2) is 3.91. The zero-order chi connectivity index (χ0) is 10.0. The first-order valence-corrected chi connectivity index (χ1v) is 5.43. The molecule has 2 atom stereocenters.